The first-order chi connectivity index (χ1) is 16.4. The highest BCUT2D eigenvalue weighted by Crippen LogP contribution is 2.21. The second kappa shape index (κ2) is 16.8. The Hall–Kier alpha value is -1.76. The van der Waals surface area contributed by atoms with Crippen LogP contribution in [0.3, 0.4) is 0 Å². The molecule has 6 nitrogen and oxygen atoms in total. The van der Waals surface area contributed by atoms with Crippen molar-refractivity contribution in [1.82, 2.24) is 15.0 Å². The largest absolute Gasteiger partial charge is 0.381 e. The molecule has 0 amide bonds. The number of rotatable bonds is 19. The molecule has 0 saturated carbocycles. The van der Waals surface area contributed by atoms with E-state index >= 15 is 0 Å². The van der Waals surface area contributed by atoms with E-state index in [1.54, 1.807) is 0 Å². The molecule has 1 heterocycles. The smallest absolute Gasteiger partial charge is 0.113 e. The number of hydrogen-bond donors (Lipinski definition) is 0. The number of aryl methyl sites for hydroxylation is 2. The van der Waals surface area contributed by atoms with Gasteiger partial charge in [-0.25, -0.2) is 0 Å². The first kappa shape index (κ1) is 28.5. The van der Waals surface area contributed by atoms with Crippen molar-refractivity contribution >= 4 is 0 Å². The number of aromatic nitrogens is 3. The van der Waals surface area contributed by atoms with E-state index < -0.39 is 0 Å². The van der Waals surface area contributed by atoms with Gasteiger partial charge >= 0.3 is 0 Å². The fourth-order valence-corrected chi connectivity index (χ4v) is 3.58. The van der Waals surface area contributed by atoms with Gasteiger partial charge in [0, 0.05) is 51.7 Å². The highest BCUT2D eigenvalue weighted by Gasteiger charge is 2.08. The summed E-state index contributed by atoms with van der Waals surface area (Å²) in [5.41, 5.74) is 3.71. The highest BCUT2D eigenvalue weighted by molar-refractivity contribution is 5.57. The van der Waals surface area contributed by atoms with Gasteiger partial charge in [0.1, 0.15) is 5.69 Å². The molecule has 2 aromatic rings. The summed E-state index contributed by atoms with van der Waals surface area (Å²) in [5, 5.41) is 8.49. The molecule has 0 N–H and O–H groups in total. The van der Waals surface area contributed by atoms with Gasteiger partial charge in [0.25, 0.3) is 0 Å². The van der Waals surface area contributed by atoms with Crippen molar-refractivity contribution < 1.29 is 14.2 Å². The Labute approximate surface area is 207 Å². The average Bonchev–Trinajstić information content (AvgIpc) is 3.27. The molecule has 0 radical (unpaired) electrons. The zero-order valence-electron chi connectivity index (χ0n) is 22.1. The van der Waals surface area contributed by atoms with E-state index in [1.165, 1.54) is 24.8 Å². The van der Waals surface area contributed by atoms with Crippen LogP contribution in [0.25, 0.3) is 11.3 Å². The van der Waals surface area contributed by atoms with Crippen LogP contribution in [-0.4, -0.2) is 54.6 Å². The quantitative estimate of drug-likeness (QED) is 0.219. The number of ether oxygens (including phenoxy) is 3. The number of benzene rings is 1. The van der Waals surface area contributed by atoms with E-state index in [0.717, 1.165) is 89.5 Å². The molecule has 0 aliphatic rings. The van der Waals surface area contributed by atoms with Crippen molar-refractivity contribution in [2.75, 3.05) is 39.6 Å². The molecule has 34 heavy (non-hydrogen) atoms. The number of nitrogens with zero attached hydrogens (tertiary/aromatic N) is 3. The van der Waals surface area contributed by atoms with Crippen LogP contribution in [0, 0.1) is 12.3 Å². The van der Waals surface area contributed by atoms with Crippen molar-refractivity contribution in [2.45, 2.75) is 85.6 Å². The summed E-state index contributed by atoms with van der Waals surface area (Å²) in [6.07, 6.45) is 10.9. The Kier molecular flexibility index (Phi) is 14.1. The summed E-state index contributed by atoms with van der Waals surface area (Å²) in [7, 11) is 0. The molecule has 0 unspecified atom stereocenters. The van der Waals surface area contributed by atoms with Gasteiger partial charge in [-0.05, 0) is 57.3 Å². The van der Waals surface area contributed by atoms with Gasteiger partial charge in [0.2, 0.25) is 0 Å². The van der Waals surface area contributed by atoms with Crippen LogP contribution >= 0.6 is 0 Å². The van der Waals surface area contributed by atoms with Crippen molar-refractivity contribution in [3.63, 3.8) is 0 Å². The van der Waals surface area contributed by atoms with Gasteiger partial charge < -0.3 is 14.2 Å². The summed E-state index contributed by atoms with van der Waals surface area (Å²) in [5.74, 6) is 0. The lowest BCUT2D eigenvalue weighted by molar-refractivity contribution is 0.0882. The van der Waals surface area contributed by atoms with Crippen LogP contribution in [0.4, 0.5) is 0 Å². The summed E-state index contributed by atoms with van der Waals surface area (Å²) in [4.78, 5) is 0. The molecule has 0 atom stereocenters. The Bertz CT molecular complexity index is 753. The topological polar surface area (TPSA) is 58.4 Å². The second-order valence-electron chi connectivity index (χ2n) is 10.4. The summed E-state index contributed by atoms with van der Waals surface area (Å²) in [6.45, 7) is 14.7. The molecule has 6 heteroatoms. The predicted molar refractivity (Wildman–Crippen MR) is 139 cm³/mol. The van der Waals surface area contributed by atoms with E-state index in [0.29, 0.717) is 5.41 Å². The average molecular weight is 474 g/mol. The third kappa shape index (κ3) is 13.8. The predicted octanol–water partition coefficient (Wildman–Crippen LogP) is 6.47. The van der Waals surface area contributed by atoms with Crippen LogP contribution in [-0.2, 0) is 20.8 Å². The highest BCUT2D eigenvalue weighted by atomic mass is 16.5. The van der Waals surface area contributed by atoms with Crippen LogP contribution < -0.4 is 0 Å². The zero-order valence-corrected chi connectivity index (χ0v) is 22.1. The molecule has 0 aliphatic carbocycles. The van der Waals surface area contributed by atoms with Gasteiger partial charge in [0.15, 0.2) is 0 Å². The molecule has 1 aromatic heterocycles. The normalized spacial score (nSPS) is 11.9. The van der Waals surface area contributed by atoms with E-state index in [2.05, 4.69) is 62.3 Å². The fourth-order valence-electron chi connectivity index (χ4n) is 3.58. The summed E-state index contributed by atoms with van der Waals surface area (Å²) < 4.78 is 19.1. The Balaban J connectivity index is 1.32. The fraction of sp³-hybridized carbons (Fsp3) is 0.714. The molecular formula is C28H47N3O3. The minimum absolute atomic E-state index is 0.440. The second-order valence-corrected chi connectivity index (χ2v) is 10.4. The third-order valence-corrected chi connectivity index (χ3v) is 5.68. The summed E-state index contributed by atoms with van der Waals surface area (Å²) >= 11 is 0. The lowest BCUT2D eigenvalue weighted by Crippen LogP contribution is -2.06. The maximum atomic E-state index is 5.74. The molecule has 192 valence electrons. The van der Waals surface area contributed by atoms with Crippen molar-refractivity contribution in [1.29, 1.82) is 0 Å². The lowest BCUT2D eigenvalue weighted by atomic mass is 9.90. The van der Waals surface area contributed by atoms with Crippen LogP contribution in [0.1, 0.15) is 77.7 Å². The van der Waals surface area contributed by atoms with Gasteiger partial charge in [-0.3, -0.25) is 4.68 Å². The van der Waals surface area contributed by atoms with E-state index in [-0.39, 0.29) is 0 Å². The molecule has 1 aromatic carbocycles. The molecular weight excluding hydrogens is 426 g/mol. The van der Waals surface area contributed by atoms with Gasteiger partial charge in [-0.2, -0.15) is 0 Å². The minimum atomic E-state index is 0.440. The Morgan fingerprint density at radius 3 is 1.74 bits per heavy atom. The van der Waals surface area contributed by atoms with Crippen molar-refractivity contribution in [2.24, 2.45) is 5.41 Å². The molecule has 0 saturated heterocycles. The Morgan fingerprint density at radius 2 is 1.21 bits per heavy atom. The van der Waals surface area contributed by atoms with Crippen molar-refractivity contribution in [3.05, 3.63) is 36.0 Å². The number of unbranched alkanes of at least 4 members (excludes halogenated alkanes) is 3. The summed E-state index contributed by atoms with van der Waals surface area (Å²) in [6, 6.07) is 8.36. The van der Waals surface area contributed by atoms with Gasteiger partial charge in [0.05, 0.1) is 6.20 Å². The van der Waals surface area contributed by atoms with E-state index in [9.17, 15) is 0 Å². The van der Waals surface area contributed by atoms with Crippen molar-refractivity contribution in [3.8, 4) is 11.3 Å². The molecule has 0 bridgehead atoms. The molecule has 0 spiro atoms. The van der Waals surface area contributed by atoms with Gasteiger partial charge in [-0.1, -0.05) is 62.2 Å². The first-order valence-corrected chi connectivity index (χ1v) is 13.1. The number of hydrogen-bond acceptors (Lipinski definition) is 5. The van der Waals surface area contributed by atoms with Crippen LogP contribution in [0.2, 0.25) is 0 Å². The molecule has 0 aliphatic heterocycles. The molecule has 2 rings (SSSR count). The van der Waals surface area contributed by atoms with Crippen LogP contribution in [0.15, 0.2) is 30.5 Å². The third-order valence-electron chi connectivity index (χ3n) is 5.68. The maximum absolute atomic E-state index is 5.74. The van der Waals surface area contributed by atoms with Gasteiger partial charge in [-0.15, -0.1) is 5.10 Å². The Morgan fingerprint density at radius 1 is 0.706 bits per heavy atom. The SMILES string of the molecule is Cc1ccc(-c2cn(CCCOCCCCOCCCCOCCCCC(C)(C)C)nn2)cc1. The van der Waals surface area contributed by atoms with Crippen LogP contribution in [0.5, 0.6) is 0 Å². The van der Waals surface area contributed by atoms with E-state index in [4.69, 9.17) is 14.2 Å². The lowest BCUT2D eigenvalue weighted by Gasteiger charge is -2.17. The van der Waals surface area contributed by atoms with E-state index in [1.807, 2.05) is 10.9 Å². The molecule has 0 fully saturated rings. The maximum Gasteiger partial charge on any atom is 0.113 e. The monoisotopic (exact) mass is 473 g/mol. The standard InChI is InChI=1S/C28H47N3O3/c1-25-12-14-26(15-13-25)27-24-31(30-29-27)17-11-23-34-22-10-9-21-33-20-8-7-19-32-18-6-5-16-28(2,3)4/h12-15,24H,5-11,16-23H2,1-4H3. The zero-order chi connectivity index (χ0) is 24.5. The first-order valence-electron chi connectivity index (χ1n) is 13.1. The minimum Gasteiger partial charge on any atom is -0.381 e.